The van der Waals surface area contributed by atoms with E-state index < -0.39 is 18.2 Å². The van der Waals surface area contributed by atoms with Crippen molar-refractivity contribution in [3.05, 3.63) is 99.5 Å². The lowest BCUT2D eigenvalue weighted by Crippen LogP contribution is -2.40. The Balaban J connectivity index is 1.71. The number of ether oxygens (including phenoxy) is 2. The summed E-state index contributed by atoms with van der Waals surface area (Å²) in [6.45, 7) is 4.59. The molecule has 0 aromatic heterocycles. The Bertz CT molecular complexity index is 1090. The molecule has 37 heavy (non-hydrogen) atoms. The van der Waals surface area contributed by atoms with E-state index in [-0.39, 0.29) is 12.6 Å². The predicted molar refractivity (Wildman–Crippen MR) is 146 cm³/mol. The number of nitrogens with zero attached hydrogens (tertiary/aromatic N) is 1. The zero-order valence-electron chi connectivity index (χ0n) is 21.0. The first-order valence-electron chi connectivity index (χ1n) is 12.2. The molecule has 0 aliphatic rings. The molecule has 3 unspecified atom stereocenters. The lowest BCUT2D eigenvalue weighted by molar-refractivity contribution is -0.145. The van der Waals surface area contributed by atoms with Crippen LogP contribution in [0.2, 0.25) is 10.0 Å². The number of carbonyl (C=O) groups is 1. The molecule has 0 aliphatic carbocycles. The van der Waals surface area contributed by atoms with Gasteiger partial charge in [0, 0.05) is 29.2 Å². The van der Waals surface area contributed by atoms with Gasteiger partial charge < -0.3 is 19.7 Å². The summed E-state index contributed by atoms with van der Waals surface area (Å²) in [6.07, 6.45) is -0.902. The summed E-state index contributed by atoms with van der Waals surface area (Å²) in [7, 11) is 0. The van der Waals surface area contributed by atoms with Crippen LogP contribution in [0.15, 0.2) is 72.8 Å². The third-order valence-electron chi connectivity index (χ3n) is 6.02. The largest absolute Gasteiger partial charge is 0.482 e. The second-order valence-electron chi connectivity index (χ2n) is 8.89. The monoisotopic (exact) mass is 545 g/mol. The number of carbonyl (C=O) groups excluding carboxylic acids is 1. The van der Waals surface area contributed by atoms with E-state index in [0.29, 0.717) is 53.0 Å². The van der Waals surface area contributed by atoms with Crippen LogP contribution in [-0.2, 0) is 16.0 Å². The second-order valence-corrected chi connectivity index (χ2v) is 9.76. The van der Waals surface area contributed by atoms with Gasteiger partial charge in [0.1, 0.15) is 5.75 Å². The van der Waals surface area contributed by atoms with Crippen LogP contribution in [0.4, 0.5) is 0 Å². The summed E-state index contributed by atoms with van der Waals surface area (Å²) in [6, 6.07) is 21.8. The maximum atomic E-state index is 11.5. The minimum absolute atomic E-state index is 0.0195. The van der Waals surface area contributed by atoms with Crippen molar-refractivity contribution >= 4 is 29.2 Å². The third kappa shape index (κ3) is 9.33. The second kappa shape index (κ2) is 14.4. The highest BCUT2D eigenvalue weighted by Gasteiger charge is 2.23. The van der Waals surface area contributed by atoms with E-state index in [4.69, 9.17) is 32.7 Å². The number of rotatable bonds is 13. The lowest BCUT2D eigenvalue weighted by Gasteiger charge is -2.33. The fraction of sp³-hybridized carbons (Fsp3) is 0.345. The fourth-order valence-electron chi connectivity index (χ4n) is 4.05. The number of hydrogen-bond donors (Lipinski definition) is 2. The summed E-state index contributed by atoms with van der Waals surface area (Å²) in [5.41, 5.74) is 2.48. The van der Waals surface area contributed by atoms with Gasteiger partial charge in [-0.1, -0.05) is 59.6 Å². The van der Waals surface area contributed by atoms with Crippen molar-refractivity contribution in [1.82, 2.24) is 4.90 Å². The first-order chi connectivity index (χ1) is 17.7. The molecule has 0 saturated carbocycles. The van der Waals surface area contributed by atoms with E-state index in [0.717, 1.165) is 5.56 Å². The summed E-state index contributed by atoms with van der Waals surface area (Å²) in [5, 5.41) is 23.1. The summed E-state index contributed by atoms with van der Waals surface area (Å²) in [5.74, 6) is 0.168. The Morgan fingerprint density at radius 3 is 1.92 bits per heavy atom. The molecule has 6 nitrogen and oxygen atoms in total. The first kappa shape index (κ1) is 29.0. The predicted octanol–water partition coefficient (Wildman–Crippen LogP) is 5.64. The zero-order valence-corrected chi connectivity index (χ0v) is 22.5. The standard InChI is InChI=1S/C29H33Cl2NO5/c1-3-36-29(35)19-37-26-12-10-21(11-13-26)14-20(2)32(17-27(33)22-6-4-8-24(30)15-22)18-28(34)23-7-5-9-25(31)16-23/h4-13,15-16,20,27-28,33-34H,3,14,17-19H2,1-2H3. The van der Waals surface area contributed by atoms with Gasteiger partial charge in [0.25, 0.3) is 0 Å². The minimum atomic E-state index is -0.786. The molecule has 0 heterocycles. The van der Waals surface area contributed by atoms with Crippen LogP contribution in [0, 0.1) is 0 Å². The van der Waals surface area contributed by atoms with Crippen LogP contribution < -0.4 is 4.74 Å². The number of halogens is 2. The number of aliphatic hydroxyl groups is 2. The zero-order chi connectivity index (χ0) is 26.8. The van der Waals surface area contributed by atoms with E-state index in [9.17, 15) is 15.0 Å². The molecule has 0 aliphatic heterocycles. The van der Waals surface area contributed by atoms with Gasteiger partial charge in [0.05, 0.1) is 18.8 Å². The van der Waals surface area contributed by atoms with Gasteiger partial charge in [0.2, 0.25) is 0 Å². The maximum absolute atomic E-state index is 11.5. The fourth-order valence-corrected chi connectivity index (χ4v) is 4.45. The quantitative estimate of drug-likeness (QED) is 0.271. The summed E-state index contributed by atoms with van der Waals surface area (Å²) in [4.78, 5) is 13.6. The van der Waals surface area contributed by atoms with Gasteiger partial charge in [0.15, 0.2) is 6.61 Å². The number of hydrogen-bond acceptors (Lipinski definition) is 6. The molecule has 0 amide bonds. The van der Waals surface area contributed by atoms with Crippen molar-refractivity contribution in [2.75, 3.05) is 26.3 Å². The van der Waals surface area contributed by atoms with Crippen molar-refractivity contribution in [3.63, 3.8) is 0 Å². The number of aliphatic hydroxyl groups excluding tert-OH is 2. The Kier molecular flexibility index (Phi) is 11.2. The van der Waals surface area contributed by atoms with E-state index >= 15 is 0 Å². The molecular formula is C29H33Cl2NO5. The molecule has 0 fully saturated rings. The smallest absolute Gasteiger partial charge is 0.344 e. The molecule has 198 valence electrons. The average Bonchev–Trinajstić information content (AvgIpc) is 2.88. The number of esters is 1. The van der Waals surface area contributed by atoms with Gasteiger partial charge in [-0.2, -0.15) is 0 Å². The van der Waals surface area contributed by atoms with Crippen LogP contribution in [0.5, 0.6) is 5.75 Å². The van der Waals surface area contributed by atoms with Crippen molar-refractivity contribution in [3.8, 4) is 5.75 Å². The third-order valence-corrected chi connectivity index (χ3v) is 6.49. The van der Waals surface area contributed by atoms with E-state index in [1.165, 1.54) is 0 Å². The van der Waals surface area contributed by atoms with Crippen LogP contribution in [0.1, 0.15) is 42.7 Å². The highest BCUT2D eigenvalue weighted by atomic mass is 35.5. The topological polar surface area (TPSA) is 79.2 Å². The van der Waals surface area contributed by atoms with E-state index in [1.54, 1.807) is 43.3 Å². The molecule has 0 bridgehead atoms. The number of benzene rings is 3. The molecule has 3 rings (SSSR count). The molecule has 3 aromatic carbocycles. The molecule has 3 aromatic rings. The maximum Gasteiger partial charge on any atom is 0.344 e. The average molecular weight is 546 g/mol. The Hall–Kier alpha value is -2.61. The van der Waals surface area contributed by atoms with Crippen molar-refractivity contribution in [2.24, 2.45) is 0 Å². The van der Waals surface area contributed by atoms with Crippen LogP contribution in [0.25, 0.3) is 0 Å². The van der Waals surface area contributed by atoms with E-state index in [1.807, 2.05) is 36.4 Å². The minimum Gasteiger partial charge on any atom is -0.482 e. The van der Waals surface area contributed by atoms with Crippen molar-refractivity contribution in [2.45, 2.75) is 38.5 Å². The normalized spacial score (nSPS) is 13.7. The molecule has 0 saturated heterocycles. The molecular weight excluding hydrogens is 513 g/mol. The van der Waals surface area contributed by atoms with Crippen LogP contribution in [-0.4, -0.2) is 53.4 Å². The molecule has 3 atom stereocenters. The molecule has 8 heteroatoms. The van der Waals surface area contributed by atoms with Gasteiger partial charge >= 0.3 is 5.97 Å². The first-order valence-corrected chi connectivity index (χ1v) is 13.0. The highest BCUT2D eigenvalue weighted by Crippen LogP contribution is 2.24. The van der Waals surface area contributed by atoms with Gasteiger partial charge in [-0.3, -0.25) is 4.90 Å². The van der Waals surface area contributed by atoms with Crippen molar-refractivity contribution < 1.29 is 24.5 Å². The van der Waals surface area contributed by atoms with Crippen LogP contribution >= 0.6 is 23.2 Å². The van der Waals surface area contributed by atoms with Gasteiger partial charge in [-0.05, 0) is 73.4 Å². The summed E-state index contributed by atoms with van der Waals surface area (Å²) < 4.78 is 10.4. The SMILES string of the molecule is CCOC(=O)COc1ccc(CC(C)N(CC(O)c2cccc(Cl)c2)CC(O)c2cccc(Cl)c2)cc1. The Labute approximate surface area is 228 Å². The summed E-state index contributed by atoms with van der Waals surface area (Å²) >= 11 is 12.3. The molecule has 2 N–H and O–H groups in total. The van der Waals surface area contributed by atoms with Crippen LogP contribution in [0.3, 0.4) is 0 Å². The highest BCUT2D eigenvalue weighted by molar-refractivity contribution is 6.30. The van der Waals surface area contributed by atoms with Gasteiger partial charge in [-0.25, -0.2) is 4.79 Å². The lowest BCUT2D eigenvalue weighted by atomic mass is 10.0. The van der Waals surface area contributed by atoms with Crippen molar-refractivity contribution in [1.29, 1.82) is 0 Å². The molecule has 0 radical (unpaired) electrons. The van der Waals surface area contributed by atoms with Gasteiger partial charge in [-0.15, -0.1) is 0 Å². The molecule has 0 spiro atoms. The van der Waals surface area contributed by atoms with E-state index in [2.05, 4.69) is 11.8 Å². The Morgan fingerprint density at radius 2 is 1.43 bits per heavy atom. The Morgan fingerprint density at radius 1 is 0.892 bits per heavy atom.